The third-order valence-electron chi connectivity index (χ3n) is 5.28. The number of amides is 1. The Morgan fingerprint density at radius 2 is 1.79 bits per heavy atom. The van der Waals surface area contributed by atoms with Gasteiger partial charge in [0.2, 0.25) is 0 Å². The lowest BCUT2D eigenvalue weighted by atomic mass is 10.2. The molecule has 2 aromatic heterocycles. The van der Waals surface area contributed by atoms with Crippen molar-refractivity contribution >= 4 is 43.2 Å². The van der Waals surface area contributed by atoms with Gasteiger partial charge in [0.05, 0.1) is 5.75 Å². The number of nitrogens with zero attached hydrogens (tertiary/aromatic N) is 3. The second-order valence-corrected chi connectivity index (χ2v) is 12.4. The summed E-state index contributed by atoms with van der Waals surface area (Å²) in [5, 5.41) is 0.696. The molecular weight excluding hydrogens is 484 g/mol. The number of carbonyl (C=O) groups is 1. The lowest BCUT2D eigenvalue weighted by Crippen LogP contribution is -2.50. The molecule has 3 heterocycles. The predicted molar refractivity (Wildman–Crippen MR) is 127 cm³/mol. The van der Waals surface area contributed by atoms with Crippen LogP contribution in [0.4, 0.5) is 19.4 Å². The number of thiophene rings is 1. The van der Waals surface area contributed by atoms with Gasteiger partial charge in [0.1, 0.15) is 15.6 Å². The summed E-state index contributed by atoms with van der Waals surface area (Å²) in [6, 6.07) is 6.41. The molecular formula is C23H25F2N3O4S2. The van der Waals surface area contributed by atoms with Crippen LogP contribution < -0.4 is 4.90 Å². The number of hydrogen-bond donors (Lipinski definition) is 0. The van der Waals surface area contributed by atoms with Crippen molar-refractivity contribution in [1.29, 1.82) is 0 Å². The van der Waals surface area contributed by atoms with Gasteiger partial charge in [-0.1, -0.05) is 6.07 Å². The number of piperazine rings is 1. The molecule has 4 rings (SSSR count). The van der Waals surface area contributed by atoms with Crippen LogP contribution in [0.1, 0.15) is 26.3 Å². The smallest absolute Gasteiger partial charge is 0.410 e. The highest BCUT2D eigenvalue weighted by Crippen LogP contribution is 2.36. The fraction of sp³-hybridized carbons (Fsp3) is 0.391. The minimum Gasteiger partial charge on any atom is -0.444 e. The molecule has 1 amide bonds. The van der Waals surface area contributed by atoms with Crippen molar-refractivity contribution in [2.24, 2.45) is 0 Å². The van der Waals surface area contributed by atoms with E-state index in [-0.39, 0.29) is 15.9 Å². The van der Waals surface area contributed by atoms with Crippen molar-refractivity contribution in [2.45, 2.75) is 36.3 Å². The summed E-state index contributed by atoms with van der Waals surface area (Å²) in [6.07, 6.45) is 1.26. The first-order valence-electron chi connectivity index (χ1n) is 10.7. The molecule has 0 aliphatic carbocycles. The maximum Gasteiger partial charge on any atom is 0.410 e. The van der Waals surface area contributed by atoms with Crippen LogP contribution in [-0.4, -0.2) is 56.2 Å². The molecule has 0 radical (unpaired) electrons. The van der Waals surface area contributed by atoms with E-state index >= 15 is 0 Å². The monoisotopic (exact) mass is 509 g/mol. The summed E-state index contributed by atoms with van der Waals surface area (Å²) in [5.41, 5.74) is -0.396. The minimum atomic E-state index is -3.78. The summed E-state index contributed by atoms with van der Waals surface area (Å²) < 4.78 is 59.0. The number of anilines is 1. The average Bonchev–Trinajstić information content (AvgIpc) is 3.21. The first kappa shape index (κ1) is 24.3. The Bertz CT molecular complexity index is 1330. The predicted octanol–water partition coefficient (Wildman–Crippen LogP) is 4.61. The lowest BCUT2D eigenvalue weighted by molar-refractivity contribution is 0.0240. The van der Waals surface area contributed by atoms with Crippen LogP contribution in [0, 0.1) is 11.6 Å². The van der Waals surface area contributed by atoms with Crippen molar-refractivity contribution in [3.63, 3.8) is 0 Å². The van der Waals surface area contributed by atoms with Gasteiger partial charge >= 0.3 is 6.09 Å². The fourth-order valence-electron chi connectivity index (χ4n) is 3.68. The first-order valence-corrected chi connectivity index (χ1v) is 13.2. The molecule has 1 saturated heterocycles. The third kappa shape index (κ3) is 5.30. The van der Waals surface area contributed by atoms with E-state index < -0.39 is 32.8 Å². The Hall–Kier alpha value is -2.79. The van der Waals surface area contributed by atoms with Crippen LogP contribution in [0.3, 0.4) is 0 Å². The van der Waals surface area contributed by atoms with Gasteiger partial charge in [-0.25, -0.2) is 27.0 Å². The fourth-order valence-corrected chi connectivity index (χ4v) is 6.47. The van der Waals surface area contributed by atoms with E-state index in [0.29, 0.717) is 37.4 Å². The van der Waals surface area contributed by atoms with Gasteiger partial charge in [-0.3, -0.25) is 0 Å². The Morgan fingerprint density at radius 1 is 1.09 bits per heavy atom. The van der Waals surface area contributed by atoms with Gasteiger partial charge in [0.15, 0.2) is 21.5 Å². The number of halogens is 2. The highest BCUT2D eigenvalue weighted by Gasteiger charge is 2.28. The van der Waals surface area contributed by atoms with Gasteiger partial charge in [-0.15, -0.1) is 11.3 Å². The van der Waals surface area contributed by atoms with Crippen LogP contribution in [0.2, 0.25) is 0 Å². The molecule has 0 saturated carbocycles. The molecule has 0 spiro atoms. The molecule has 1 aromatic carbocycles. The van der Waals surface area contributed by atoms with Crippen LogP contribution in [0.25, 0.3) is 10.1 Å². The van der Waals surface area contributed by atoms with E-state index in [2.05, 4.69) is 4.98 Å². The van der Waals surface area contributed by atoms with Gasteiger partial charge in [0, 0.05) is 42.5 Å². The number of benzene rings is 1. The molecule has 1 fully saturated rings. The normalized spacial score (nSPS) is 15.1. The maximum absolute atomic E-state index is 13.5. The highest BCUT2D eigenvalue weighted by molar-refractivity contribution is 7.92. The zero-order valence-corrected chi connectivity index (χ0v) is 20.7. The summed E-state index contributed by atoms with van der Waals surface area (Å²) in [4.78, 5) is 20.5. The minimum absolute atomic E-state index is 0.133. The van der Waals surface area contributed by atoms with E-state index in [1.807, 2.05) is 25.7 Å². The number of carbonyl (C=O) groups excluding carboxylic acids is 1. The van der Waals surface area contributed by atoms with Crippen molar-refractivity contribution in [3.8, 4) is 0 Å². The van der Waals surface area contributed by atoms with Gasteiger partial charge in [-0.05, 0) is 50.6 Å². The van der Waals surface area contributed by atoms with Crippen LogP contribution >= 0.6 is 11.3 Å². The molecule has 0 atom stereocenters. The largest absolute Gasteiger partial charge is 0.444 e. The number of pyridine rings is 1. The molecule has 34 heavy (non-hydrogen) atoms. The standard InChI is InChI=1S/C23H25F2N3O4S2/c1-23(2,3)32-22(29)28-10-8-27(9-11-28)21-16-13-20(33-19(16)6-7-26-21)34(30,31)14-15-4-5-17(24)18(25)12-15/h4-7,12-13H,8-11,14H2,1-3H3. The number of rotatable bonds is 4. The van der Waals surface area contributed by atoms with Gasteiger partial charge in [0.25, 0.3) is 0 Å². The van der Waals surface area contributed by atoms with Crippen LogP contribution in [0.5, 0.6) is 0 Å². The number of sulfone groups is 1. The lowest BCUT2D eigenvalue weighted by Gasteiger charge is -2.36. The highest BCUT2D eigenvalue weighted by atomic mass is 32.2. The molecule has 0 bridgehead atoms. The Balaban J connectivity index is 1.53. The summed E-state index contributed by atoms with van der Waals surface area (Å²) in [6.45, 7) is 7.43. The maximum atomic E-state index is 13.5. The zero-order valence-electron chi connectivity index (χ0n) is 19.0. The Morgan fingerprint density at radius 3 is 2.44 bits per heavy atom. The van der Waals surface area contributed by atoms with E-state index in [0.717, 1.165) is 28.2 Å². The number of hydrogen-bond acceptors (Lipinski definition) is 7. The van der Waals surface area contributed by atoms with Crippen molar-refractivity contribution < 1.29 is 26.7 Å². The summed E-state index contributed by atoms with van der Waals surface area (Å²) in [7, 11) is -3.78. The van der Waals surface area contributed by atoms with Crippen molar-refractivity contribution in [2.75, 3.05) is 31.1 Å². The van der Waals surface area contributed by atoms with E-state index in [1.165, 1.54) is 6.07 Å². The van der Waals surface area contributed by atoms with Crippen molar-refractivity contribution in [1.82, 2.24) is 9.88 Å². The molecule has 1 aliphatic heterocycles. The molecule has 1 aliphatic rings. The summed E-state index contributed by atoms with van der Waals surface area (Å²) >= 11 is 1.11. The van der Waals surface area contributed by atoms with Crippen LogP contribution in [-0.2, 0) is 20.3 Å². The molecule has 182 valence electrons. The second kappa shape index (κ2) is 9.10. The molecule has 3 aromatic rings. The SMILES string of the molecule is CC(C)(C)OC(=O)N1CCN(c2nccc3sc(S(=O)(=O)Cc4ccc(F)c(F)c4)cc23)CC1. The molecule has 0 unspecified atom stereocenters. The molecule has 11 heteroatoms. The van der Waals surface area contributed by atoms with E-state index in [1.54, 1.807) is 23.2 Å². The first-order chi connectivity index (χ1) is 15.9. The van der Waals surface area contributed by atoms with Gasteiger partial charge < -0.3 is 14.5 Å². The zero-order chi connectivity index (χ0) is 24.7. The van der Waals surface area contributed by atoms with E-state index in [4.69, 9.17) is 4.74 Å². The summed E-state index contributed by atoms with van der Waals surface area (Å²) in [5.74, 6) is -1.90. The number of aromatic nitrogens is 1. The number of fused-ring (bicyclic) bond motifs is 1. The third-order valence-corrected chi connectivity index (χ3v) is 8.63. The quantitative estimate of drug-likeness (QED) is 0.511. The molecule has 7 nitrogen and oxygen atoms in total. The molecule has 0 N–H and O–H groups in total. The van der Waals surface area contributed by atoms with E-state index in [9.17, 15) is 22.0 Å². The van der Waals surface area contributed by atoms with Crippen molar-refractivity contribution in [3.05, 3.63) is 53.7 Å². The number of ether oxygens (including phenoxy) is 1. The topological polar surface area (TPSA) is 79.8 Å². The van der Waals surface area contributed by atoms with Crippen LogP contribution in [0.15, 0.2) is 40.7 Å². The second-order valence-electron chi connectivity index (χ2n) is 9.07. The Labute approximate surface area is 200 Å². The Kier molecular flexibility index (Phi) is 6.52. The van der Waals surface area contributed by atoms with Gasteiger partial charge in [-0.2, -0.15) is 0 Å². The average molecular weight is 510 g/mol.